The van der Waals surface area contributed by atoms with Crippen LogP contribution in [0.3, 0.4) is 0 Å². The largest absolute Gasteiger partial charge is 0.459 e. The summed E-state index contributed by atoms with van der Waals surface area (Å²) in [6.45, 7) is 3.55. The van der Waals surface area contributed by atoms with Crippen LogP contribution in [0.25, 0.3) is 0 Å². The van der Waals surface area contributed by atoms with Crippen molar-refractivity contribution < 1.29 is 14.0 Å². The molecule has 132 valence electrons. The zero-order valence-electron chi connectivity index (χ0n) is 13.9. The second-order valence-corrected chi connectivity index (χ2v) is 6.35. The van der Waals surface area contributed by atoms with Crippen LogP contribution in [-0.4, -0.2) is 42.4 Å². The Labute approximate surface area is 151 Å². The number of benzene rings is 1. The van der Waals surface area contributed by atoms with E-state index in [1.807, 2.05) is 24.3 Å². The van der Waals surface area contributed by atoms with Gasteiger partial charge in [-0.3, -0.25) is 9.59 Å². The predicted octanol–water partition coefficient (Wildman–Crippen LogP) is 2.22. The lowest BCUT2D eigenvalue weighted by atomic mass is 10.0. The van der Waals surface area contributed by atoms with Crippen LogP contribution >= 0.6 is 11.6 Å². The Morgan fingerprint density at radius 3 is 2.84 bits per heavy atom. The van der Waals surface area contributed by atoms with Crippen molar-refractivity contribution in [3.05, 3.63) is 59.0 Å². The first-order valence-electron chi connectivity index (χ1n) is 8.18. The summed E-state index contributed by atoms with van der Waals surface area (Å²) in [6, 6.07) is 9.86. The van der Waals surface area contributed by atoms with Crippen LogP contribution < -0.4 is 10.6 Å². The Morgan fingerprint density at radius 2 is 2.12 bits per heavy atom. The van der Waals surface area contributed by atoms with Gasteiger partial charge >= 0.3 is 0 Å². The van der Waals surface area contributed by atoms with Crippen LogP contribution in [-0.2, 0) is 4.79 Å². The predicted molar refractivity (Wildman–Crippen MR) is 94.4 cm³/mol. The summed E-state index contributed by atoms with van der Waals surface area (Å²) in [5, 5.41) is 6.61. The molecule has 2 aromatic rings. The van der Waals surface area contributed by atoms with Gasteiger partial charge < -0.3 is 20.0 Å². The first kappa shape index (κ1) is 17.5. The molecule has 3 rings (SSSR count). The summed E-state index contributed by atoms with van der Waals surface area (Å²) in [5.74, 6) is -0.371. The number of amides is 2. The highest BCUT2D eigenvalue weighted by Crippen LogP contribution is 2.28. The van der Waals surface area contributed by atoms with E-state index >= 15 is 0 Å². The molecule has 25 heavy (non-hydrogen) atoms. The van der Waals surface area contributed by atoms with E-state index in [9.17, 15) is 9.59 Å². The van der Waals surface area contributed by atoms with Gasteiger partial charge in [0.25, 0.3) is 5.91 Å². The van der Waals surface area contributed by atoms with Gasteiger partial charge in [-0.15, -0.1) is 0 Å². The summed E-state index contributed by atoms with van der Waals surface area (Å²) in [6.07, 6.45) is 1.42. The normalized spacial score (nSPS) is 18.6. The van der Waals surface area contributed by atoms with Crippen LogP contribution in [0.15, 0.2) is 47.1 Å². The Bertz CT molecular complexity index is 748. The van der Waals surface area contributed by atoms with E-state index < -0.39 is 11.9 Å². The molecule has 2 unspecified atom stereocenters. The van der Waals surface area contributed by atoms with E-state index in [4.69, 9.17) is 16.0 Å². The van der Waals surface area contributed by atoms with Gasteiger partial charge in [0.05, 0.1) is 12.3 Å². The second kappa shape index (κ2) is 7.72. The number of carbonyl (C=O) groups excluding carboxylic acids is 2. The van der Waals surface area contributed by atoms with Crippen LogP contribution in [0.4, 0.5) is 0 Å². The quantitative estimate of drug-likeness (QED) is 0.875. The van der Waals surface area contributed by atoms with Crippen molar-refractivity contribution in [1.82, 2.24) is 15.5 Å². The van der Waals surface area contributed by atoms with Gasteiger partial charge in [-0.05, 0) is 30.7 Å². The molecule has 2 N–H and O–H groups in total. The molecule has 0 radical (unpaired) electrons. The maximum atomic E-state index is 12.9. The molecule has 2 atom stereocenters. The average Bonchev–Trinajstić information content (AvgIpc) is 3.16. The van der Waals surface area contributed by atoms with Gasteiger partial charge in [-0.2, -0.15) is 0 Å². The van der Waals surface area contributed by atoms with Crippen molar-refractivity contribution in [2.75, 3.05) is 19.6 Å². The number of piperazine rings is 1. The zero-order chi connectivity index (χ0) is 17.8. The summed E-state index contributed by atoms with van der Waals surface area (Å²) in [7, 11) is 0. The van der Waals surface area contributed by atoms with E-state index in [0.717, 1.165) is 5.56 Å². The highest BCUT2D eigenvalue weighted by atomic mass is 35.5. The molecule has 2 amide bonds. The molecule has 0 aliphatic carbocycles. The molecule has 1 aromatic heterocycles. The number of hydrogen-bond acceptors (Lipinski definition) is 4. The van der Waals surface area contributed by atoms with Crippen LogP contribution in [0.2, 0.25) is 5.02 Å². The highest BCUT2D eigenvalue weighted by Gasteiger charge is 2.32. The third-order valence-electron chi connectivity index (χ3n) is 4.25. The fraction of sp³-hybridized carbons (Fsp3) is 0.333. The van der Waals surface area contributed by atoms with E-state index in [-0.39, 0.29) is 17.7 Å². The maximum Gasteiger partial charge on any atom is 0.287 e. The zero-order valence-corrected chi connectivity index (χ0v) is 14.6. The third-order valence-corrected chi connectivity index (χ3v) is 4.60. The molecule has 1 fully saturated rings. The molecule has 1 aliphatic heterocycles. The number of hydrogen-bond donors (Lipinski definition) is 2. The van der Waals surface area contributed by atoms with Gasteiger partial charge in [0.2, 0.25) is 5.91 Å². The Hall–Kier alpha value is -2.31. The Morgan fingerprint density at radius 1 is 1.32 bits per heavy atom. The molecule has 1 saturated heterocycles. The summed E-state index contributed by atoms with van der Waals surface area (Å²) in [4.78, 5) is 26.8. The lowest BCUT2D eigenvalue weighted by Crippen LogP contribution is -2.54. The summed E-state index contributed by atoms with van der Waals surface area (Å²) in [5.41, 5.74) is 0.897. The standard InChI is InChI=1S/C18H20ClN3O3/c1-12(21-17(23)16-7-4-10-25-16)18(24)22-9-8-20-11-15(22)13-5-2-3-6-14(13)19/h2-7,10,12,15,20H,8-9,11H2,1H3,(H,21,23). The van der Waals surface area contributed by atoms with Crippen LogP contribution in [0.1, 0.15) is 29.1 Å². The molecule has 2 heterocycles. The van der Waals surface area contributed by atoms with Gasteiger partial charge in [0.15, 0.2) is 5.76 Å². The number of nitrogens with one attached hydrogen (secondary N) is 2. The monoisotopic (exact) mass is 361 g/mol. The average molecular weight is 362 g/mol. The molecular formula is C18H20ClN3O3. The van der Waals surface area contributed by atoms with Crippen molar-refractivity contribution in [2.24, 2.45) is 0 Å². The fourth-order valence-corrected chi connectivity index (χ4v) is 3.24. The van der Waals surface area contributed by atoms with Gasteiger partial charge in [-0.25, -0.2) is 0 Å². The van der Waals surface area contributed by atoms with Crippen molar-refractivity contribution in [3.63, 3.8) is 0 Å². The lowest BCUT2D eigenvalue weighted by Gasteiger charge is -2.38. The number of nitrogens with zero attached hydrogens (tertiary/aromatic N) is 1. The number of furan rings is 1. The molecule has 1 aromatic carbocycles. The van der Waals surface area contributed by atoms with E-state index in [1.54, 1.807) is 24.0 Å². The smallest absolute Gasteiger partial charge is 0.287 e. The van der Waals surface area contributed by atoms with Crippen molar-refractivity contribution >= 4 is 23.4 Å². The molecular weight excluding hydrogens is 342 g/mol. The van der Waals surface area contributed by atoms with Gasteiger partial charge in [0, 0.05) is 24.7 Å². The molecule has 0 spiro atoms. The number of rotatable bonds is 4. The first-order valence-corrected chi connectivity index (χ1v) is 8.55. The van der Waals surface area contributed by atoms with Gasteiger partial charge in [0.1, 0.15) is 6.04 Å². The minimum atomic E-state index is -0.666. The minimum absolute atomic E-state index is 0.147. The van der Waals surface area contributed by atoms with E-state index in [0.29, 0.717) is 24.7 Å². The highest BCUT2D eigenvalue weighted by molar-refractivity contribution is 6.31. The number of carbonyl (C=O) groups is 2. The van der Waals surface area contributed by atoms with E-state index in [1.165, 1.54) is 6.26 Å². The lowest BCUT2D eigenvalue weighted by molar-refractivity contribution is -0.136. The van der Waals surface area contributed by atoms with Gasteiger partial charge in [-0.1, -0.05) is 29.8 Å². The Balaban J connectivity index is 1.74. The summed E-state index contributed by atoms with van der Waals surface area (Å²) >= 11 is 6.31. The number of halogens is 1. The van der Waals surface area contributed by atoms with E-state index in [2.05, 4.69) is 10.6 Å². The van der Waals surface area contributed by atoms with Crippen LogP contribution in [0, 0.1) is 0 Å². The maximum absolute atomic E-state index is 12.9. The Kier molecular flexibility index (Phi) is 5.40. The molecule has 1 aliphatic rings. The molecule has 0 saturated carbocycles. The summed E-state index contributed by atoms with van der Waals surface area (Å²) < 4.78 is 5.06. The molecule has 6 nitrogen and oxygen atoms in total. The molecule has 0 bridgehead atoms. The van der Waals surface area contributed by atoms with Crippen molar-refractivity contribution in [1.29, 1.82) is 0 Å². The van der Waals surface area contributed by atoms with Crippen molar-refractivity contribution in [3.8, 4) is 0 Å². The first-order chi connectivity index (χ1) is 12.1. The molecule has 7 heteroatoms. The second-order valence-electron chi connectivity index (χ2n) is 5.95. The topological polar surface area (TPSA) is 74.6 Å². The SMILES string of the molecule is CC(NC(=O)c1ccco1)C(=O)N1CCNCC1c1ccccc1Cl. The third kappa shape index (κ3) is 3.86. The minimum Gasteiger partial charge on any atom is -0.459 e. The van der Waals surface area contributed by atoms with Crippen molar-refractivity contribution in [2.45, 2.75) is 19.0 Å². The fourth-order valence-electron chi connectivity index (χ4n) is 2.98. The van der Waals surface area contributed by atoms with Crippen LogP contribution in [0.5, 0.6) is 0 Å².